The van der Waals surface area contributed by atoms with Crippen molar-refractivity contribution in [3.8, 4) is 0 Å². The minimum Gasteiger partial charge on any atom is -0.345 e. The van der Waals surface area contributed by atoms with Crippen LogP contribution in [-0.2, 0) is 0 Å². The third-order valence-corrected chi connectivity index (χ3v) is 2.88. The number of aromatic nitrogens is 2. The van der Waals surface area contributed by atoms with Crippen molar-refractivity contribution >= 4 is 22.6 Å². The summed E-state index contributed by atoms with van der Waals surface area (Å²) < 4.78 is 26.5. The molecule has 0 unspecified atom stereocenters. The number of benzene rings is 2. The largest absolute Gasteiger partial charge is 0.345 e. The van der Waals surface area contributed by atoms with E-state index in [0.717, 1.165) is 11.6 Å². The zero-order chi connectivity index (χ0) is 14.1. The summed E-state index contributed by atoms with van der Waals surface area (Å²) in [5.41, 5.74) is 1.54. The lowest BCUT2D eigenvalue weighted by atomic mass is 10.2. The van der Waals surface area contributed by atoms with Crippen LogP contribution in [0.25, 0.3) is 11.0 Å². The summed E-state index contributed by atoms with van der Waals surface area (Å²) in [6.45, 7) is 0. The third-order valence-electron chi connectivity index (χ3n) is 2.88. The van der Waals surface area contributed by atoms with Crippen molar-refractivity contribution in [3.05, 3.63) is 59.9 Å². The van der Waals surface area contributed by atoms with E-state index in [-0.39, 0.29) is 5.69 Å². The minimum atomic E-state index is -1.08. The first-order chi connectivity index (χ1) is 9.65. The Balaban J connectivity index is 1.90. The Labute approximate surface area is 112 Å². The Morgan fingerprint density at radius 3 is 2.90 bits per heavy atom. The number of aromatic amines is 1. The van der Waals surface area contributed by atoms with E-state index in [1.807, 2.05) is 0 Å². The van der Waals surface area contributed by atoms with E-state index >= 15 is 0 Å². The Kier molecular flexibility index (Phi) is 2.90. The highest BCUT2D eigenvalue weighted by atomic mass is 19.2. The zero-order valence-electron chi connectivity index (χ0n) is 10.2. The SMILES string of the molecule is O=C(Nc1cccc(F)c1F)c1ccc2nc[nH]c2c1. The van der Waals surface area contributed by atoms with Crippen LogP contribution in [0, 0.1) is 11.6 Å². The van der Waals surface area contributed by atoms with E-state index in [1.54, 1.807) is 18.2 Å². The molecule has 0 aliphatic heterocycles. The molecule has 1 heterocycles. The quantitative estimate of drug-likeness (QED) is 0.753. The molecule has 1 aromatic heterocycles. The number of hydrogen-bond donors (Lipinski definition) is 2. The molecule has 1 amide bonds. The summed E-state index contributed by atoms with van der Waals surface area (Å²) in [5, 5.41) is 2.34. The molecule has 0 bridgehead atoms. The van der Waals surface area contributed by atoms with Gasteiger partial charge in [0.2, 0.25) is 0 Å². The van der Waals surface area contributed by atoms with Gasteiger partial charge in [0.05, 0.1) is 23.0 Å². The molecule has 0 aliphatic carbocycles. The molecular weight excluding hydrogens is 264 g/mol. The van der Waals surface area contributed by atoms with Crippen LogP contribution in [0.1, 0.15) is 10.4 Å². The van der Waals surface area contributed by atoms with Gasteiger partial charge >= 0.3 is 0 Å². The standard InChI is InChI=1S/C14H9F2N3O/c15-9-2-1-3-11(13(9)16)19-14(20)8-4-5-10-12(6-8)18-7-17-10/h1-7H,(H,17,18)(H,19,20). The van der Waals surface area contributed by atoms with Gasteiger partial charge in [0, 0.05) is 5.56 Å². The van der Waals surface area contributed by atoms with Gasteiger partial charge in [-0.3, -0.25) is 4.79 Å². The van der Waals surface area contributed by atoms with Gasteiger partial charge in [-0.1, -0.05) is 6.07 Å². The van der Waals surface area contributed by atoms with Gasteiger partial charge in [-0.05, 0) is 30.3 Å². The molecule has 6 heteroatoms. The molecule has 0 saturated carbocycles. The van der Waals surface area contributed by atoms with Crippen LogP contribution in [-0.4, -0.2) is 15.9 Å². The fraction of sp³-hybridized carbons (Fsp3) is 0. The van der Waals surface area contributed by atoms with Crippen molar-refractivity contribution in [2.75, 3.05) is 5.32 Å². The highest BCUT2D eigenvalue weighted by Gasteiger charge is 2.12. The Morgan fingerprint density at radius 1 is 1.20 bits per heavy atom. The maximum atomic E-state index is 13.5. The van der Waals surface area contributed by atoms with Crippen molar-refractivity contribution < 1.29 is 13.6 Å². The second-order valence-electron chi connectivity index (χ2n) is 4.19. The van der Waals surface area contributed by atoms with Crippen LogP contribution in [0.15, 0.2) is 42.7 Å². The average Bonchev–Trinajstić information content (AvgIpc) is 2.91. The van der Waals surface area contributed by atoms with E-state index in [1.165, 1.54) is 18.5 Å². The second-order valence-corrected chi connectivity index (χ2v) is 4.19. The number of fused-ring (bicyclic) bond motifs is 1. The number of nitrogens with one attached hydrogen (secondary N) is 2. The second kappa shape index (κ2) is 4.73. The van der Waals surface area contributed by atoms with Gasteiger partial charge < -0.3 is 10.3 Å². The highest BCUT2D eigenvalue weighted by molar-refractivity contribution is 6.05. The third kappa shape index (κ3) is 2.11. The number of carbonyl (C=O) groups is 1. The predicted octanol–water partition coefficient (Wildman–Crippen LogP) is 3.09. The zero-order valence-corrected chi connectivity index (χ0v) is 10.2. The number of rotatable bonds is 2. The average molecular weight is 273 g/mol. The van der Waals surface area contributed by atoms with Crippen molar-refractivity contribution in [2.45, 2.75) is 0 Å². The molecule has 20 heavy (non-hydrogen) atoms. The Bertz CT molecular complexity index is 798. The summed E-state index contributed by atoms with van der Waals surface area (Å²) >= 11 is 0. The van der Waals surface area contributed by atoms with Crippen molar-refractivity contribution in [3.63, 3.8) is 0 Å². The van der Waals surface area contributed by atoms with Crippen molar-refractivity contribution in [1.82, 2.24) is 9.97 Å². The van der Waals surface area contributed by atoms with Gasteiger partial charge in [0.1, 0.15) is 0 Å². The summed E-state index contributed by atoms with van der Waals surface area (Å²) in [6, 6.07) is 8.44. The van der Waals surface area contributed by atoms with E-state index in [9.17, 15) is 13.6 Å². The molecule has 2 aromatic carbocycles. The molecule has 3 aromatic rings. The number of carbonyl (C=O) groups excluding carboxylic acids is 1. The maximum Gasteiger partial charge on any atom is 0.255 e. The molecule has 0 spiro atoms. The molecule has 0 radical (unpaired) electrons. The summed E-state index contributed by atoms with van der Waals surface area (Å²) in [5.74, 6) is -2.61. The first-order valence-corrected chi connectivity index (χ1v) is 5.83. The number of nitrogens with zero attached hydrogens (tertiary/aromatic N) is 1. The maximum absolute atomic E-state index is 13.5. The number of H-pyrrole nitrogens is 1. The van der Waals surface area contributed by atoms with Crippen molar-refractivity contribution in [2.24, 2.45) is 0 Å². The fourth-order valence-corrected chi connectivity index (χ4v) is 1.87. The van der Waals surface area contributed by atoms with Crippen LogP contribution >= 0.6 is 0 Å². The highest BCUT2D eigenvalue weighted by Crippen LogP contribution is 2.18. The summed E-state index contributed by atoms with van der Waals surface area (Å²) in [4.78, 5) is 18.9. The molecule has 2 N–H and O–H groups in total. The van der Waals surface area contributed by atoms with Gasteiger partial charge in [-0.25, -0.2) is 13.8 Å². The molecule has 4 nitrogen and oxygen atoms in total. The van der Waals surface area contributed by atoms with Gasteiger partial charge in [-0.2, -0.15) is 0 Å². The Morgan fingerprint density at radius 2 is 2.05 bits per heavy atom. The van der Waals surface area contributed by atoms with Crippen molar-refractivity contribution in [1.29, 1.82) is 0 Å². The molecule has 0 saturated heterocycles. The molecule has 100 valence electrons. The predicted molar refractivity (Wildman–Crippen MR) is 70.4 cm³/mol. The van der Waals surface area contributed by atoms with Crippen LogP contribution in [0.2, 0.25) is 0 Å². The van der Waals surface area contributed by atoms with E-state index < -0.39 is 17.5 Å². The van der Waals surface area contributed by atoms with E-state index in [2.05, 4.69) is 15.3 Å². The molecule has 3 rings (SSSR count). The molecule has 0 aliphatic rings. The van der Waals surface area contributed by atoms with E-state index in [0.29, 0.717) is 11.1 Å². The topological polar surface area (TPSA) is 57.8 Å². The normalized spacial score (nSPS) is 10.7. The number of halogens is 2. The number of anilines is 1. The van der Waals surface area contributed by atoms with Crippen LogP contribution in [0.5, 0.6) is 0 Å². The number of amides is 1. The first kappa shape index (κ1) is 12.3. The molecular formula is C14H9F2N3O. The lowest BCUT2D eigenvalue weighted by Gasteiger charge is -2.06. The summed E-state index contributed by atoms with van der Waals surface area (Å²) in [7, 11) is 0. The van der Waals surface area contributed by atoms with Gasteiger partial charge in [-0.15, -0.1) is 0 Å². The molecule has 0 fully saturated rings. The first-order valence-electron chi connectivity index (χ1n) is 5.83. The van der Waals surface area contributed by atoms with Gasteiger partial charge in [0.15, 0.2) is 11.6 Å². The van der Waals surface area contributed by atoms with E-state index in [4.69, 9.17) is 0 Å². The monoisotopic (exact) mass is 273 g/mol. The smallest absolute Gasteiger partial charge is 0.255 e. The minimum absolute atomic E-state index is 0.195. The van der Waals surface area contributed by atoms with Crippen LogP contribution in [0.4, 0.5) is 14.5 Å². The lowest BCUT2D eigenvalue weighted by molar-refractivity contribution is 0.102. The Hall–Kier alpha value is -2.76. The number of hydrogen-bond acceptors (Lipinski definition) is 2. The van der Waals surface area contributed by atoms with Gasteiger partial charge in [0.25, 0.3) is 5.91 Å². The number of imidazole rings is 1. The van der Waals surface area contributed by atoms with Crippen LogP contribution in [0.3, 0.4) is 0 Å². The van der Waals surface area contributed by atoms with Crippen LogP contribution < -0.4 is 5.32 Å². The lowest BCUT2D eigenvalue weighted by Crippen LogP contribution is -2.13. The summed E-state index contributed by atoms with van der Waals surface area (Å²) in [6.07, 6.45) is 1.51. The molecule has 0 atom stereocenters. The fourth-order valence-electron chi connectivity index (χ4n) is 1.87.